The number of rotatable bonds is 7. The van der Waals surface area contributed by atoms with Crippen LogP contribution in [-0.2, 0) is 26.1 Å². The standard InChI is InChI=1S/C31H32N2/c1-32(2)20-24-14-17-30-29(18-24)19-27-10-7-11-28(31(27)30)22-33(3)21-23-12-15-26(16-13-23)25-8-5-4-6-9-25/h4-18H,19-22H2,1-3H3. The largest absolute Gasteiger partial charge is 0.305 e. The van der Waals surface area contributed by atoms with E-state index in [0.717, 1.165) is 26.1 Å². The third-order valence-corrected chi connectivity index (χ3v) is 6.51. The van der Waals surface area contributed by atoms with E-state index in [1.165, 1.54) is 50.1 Å². The van der Waals surface area contributed by atoms with Crippen LogP contribution < -0.4 is 0 Å². The Morgan fingerprint density at radius 2 is 1.33 bits per heavy atom. The van der Waals surface area contributed by atoms with Gasteiger partial charge in [0.25, 0.3) is 0 Å². The van der Waals surface area contributed by atoms with E-state index in [4.69, 9.17) is 0 Å². The van der Waals surface area contributed by atoms with E-state index in [2.05, 4.69) is 122 Å². The van der Waals surface area contributed by atoms with Gasteiger partial charge in [-0.15, -0.1) is 0 Å². The molecule has 0 aliphatic heterocycles. The fourth-order valence-electron chi connectivity index (χ4n) is 5.08. The summed E-state index contributed by atoms with van der Waals surface area (Å²) in [6.45, 7) is 2.87. The number of nitrogens with zero attached hydrogens (tertiary/aromatic N) is 2. The molecule has 2 nitrogen and oxygen atoms in total. The summed E-state index contributed by atoms with van der Waals surface area (Å²) in [7, 11) is 6.48. The summed E-state index contributed by atoms with van der Waals surface area (Å²) in [4.78, 5) is 4.65. The number of hydrogen-bond donors (Lipinski definition) is 0. The molecule has 0 unspecified atom stereocenters. The monoisotopic (exact) mass is 432 g/mol. The Labute approximate surface area is 198 Å². The first kappa shape index (κ1) is 21.6. The molecule has 0 radical (unpaired) electrons. The van der Waals surface area contributed by atoms with Crippen LogP contribution in [0.5, 0.6) is 0 Å². The van der Waals surface area contributed by atoms with Crippen LogP contribution >= 0.6 is 0 Å². The van der Waals surface area contributed by atoms with Gasteiger partial charge in [-0.05, 0) is 77.6 Å². The van der Waals surface area contributed by atoms with Crippen LogP contribution in [-0.4, -0.2) is 30.9 Å². The molecule has 0 fully saturated rings. The maximum Gasteiger partial charge on any atom is 0.0240 e. The molecule has 4 aromatic carbocycles. The zero-order valence-electron chi connectivity index (χ0n) is 19.9. The molecular formula is C31H32N2. The van der Waals surface area contributed by atoms with Crippen LogP contribution in [0.1, 0.15) is 27.8 Å². The molecule has 1 aliphatic rings. The van der Waals surface area contributed by atoms with E-state index in [9.17, 15) is 0 Å². The minimum absolute atomic E-state index is 0.938. The molecule has 0 aromatic heterocycles. The molecule has 0 heterocycles. The van der Waals surface area contributed by atoms with E-state index < -0.39 is 0 Å². The van der Waals surface area contributed by atoms with E-state index >= 15 is 0 Å². The van der Waals surface area contributed by atoms with Crippen LogP contribution in [0.15, 0.2) is 91.0 Å². The molecule has 4 aromatic rings. The molecule has 166 valence electrons. The zero-order valence-corrected chi connectivity index (χ0v) is 19.9. The van der Waals surface area contributed by atoms with Crippen LogP contribution in [0.25, 0.3) is 22.3 Å². The van der Waals surface area contributed by atoms with E-state index in [1.54, 1.807) is 0 Å². The van der Waals surface area contributed by atoms with Gasteiger partial charge in [-0.1, -0.05) is 91.0 Å². The second kappa shape index (κ2) is 9.35. The summed E-state index contributed by atoms with van der Waals surface area (Å²) in [5, 5.41) is 0. The van der Waals surface area contributed by atoms with Crippen molar-refractivity contribution in [1.29, 1.82) is 0 Å². The van der Waals surface area contributed by atoms with Gasteiger partial charge in [0.1, 0.15) is 0 Å². The van der Waals surface area contributed by atoms with E-state index in [1.807, 2.05) is 0 Å². The van der Waals surface area contributed by atoms with Gasteiger partial charge in [0.15, 0.2) is 0 Å². The van der Waals surface area contributed by atoms with E-state index in [-0.39, 0.29) is 0 Å². The average Bonchev–Trinajstić information content (AvgIpc) is 3.18. The van der Waals surface area contributed by atoms with Gasteiger partial charge >= 0.3 is 0 Å². The summed E-state index contributed by atoms with van der Waals surface area (Å²) in [6, 6.07) is 33.4. The van der Waals surface area contributed by atoms with Gasteiger partial charge in [0, 0.05) is 19.6 Å². The van der Waals surface area contributed by atoms with Crippen molar-refractivity contribution >= 4 is 0 Å². The van der Waals surface area contributed by atoms with Crippen molar-refractivity contribution in [2.45, 2.75) is 26.1 Å². The highest BCUT2D eigenvalue weighted by Crippen LogP contribution is 2.40. The van der Waals surface area contributed by atoms with Gasteiger partial charge in [-0.25, -0.2) is 0 Å². The van der Waals surface area contributed by atoms with Crippen molar-refractivity contribution in [2.24, 2.45) is 0 Å². The zero-order chi connectivity index (χ0) is 22.8. The van der Waals surface area contributed by atoms with Crippen molar-refractivity contribution in [3.8, 4) is 22.3 Å². The van der Waals surface area contributed by atoms with Gasteiger partial charge in [-0.2, -0.15) is 0 Å². The molecule has 0 saturated heterocycles. The van der Waals surface area contributed by atoms with Gasteiger partial charge < -0.3 is 4.90 Å². The third-order valence-electron chi connectivity index (χ3n) is 6.51. The lowest BCUT2D eigenvalue weighted by Gasteiger charge is -2.20. The molecular weight excluding hydrogens is 400 g/mol. The molecule has 1 aliphatic carbocycles. The number of hydrogen-bond acceptors (Lipinski definition) is 2. The Morgan fingerprint density at radius 1 is 0.606 bits per heavy atom. The quantitative estimate of drug-likeness (QED) is 0.285. The fourth-order valence-corrected chi connectivity index (χ4v) is 5.08. The Hall–Kier alpha value is -3.20. The second-order valence-electron chi connectivity index (χ2n) is 9.59. The highest BCUT2D eigenvalue weighted by molar-refractivity contribution is 5.79. The third kappa shape index (κ3) is 4.78. The first-order valence-electron chi connectivity index (χ1n) is 11.8. The molecule has 0 saturated carbocycles. The van der Waals surface area contributed by atoms with Crippen LogP contribution in [0.4, 0.5) is 0 Å². The van der Waals surface area contributed by atoms with Crippen molar-refractivity contribution < 1.29 is 0 Å². The maximum atomic E-state index is 2.42. The first-order chi connectivity index (χ1) is 16.1. The van der Waals surface area contributed by atoms with Crippen molar-refractivity contribution in [2.75, 3.05) is 21.1 Å². The Balaban J connectivity index is 1.32. The molecule has 0 amide bonds. The molecule has 0 atom stereocenters. The smallest absolute Gasteiger partial charge is 0.0240 e. The van der Waals surface area contributed by atoms with Crippen LogP contribution in [0.3, 0.4) is 0 Å². The average molecular weight is 433 g/mol. The topological polar surface area (TPSA) is 6.48 Å². The van der Waals surface area contributed by atoms with Crippen molar-refractivity contribution in [1.82, 2.24) is 9.80 Å². The van der Waals surface area contributed by atoms with Gasteiger partial charge in [0.2, 0.25) is 0 Å². The predicted octanol–water partition coefficient (Wildman–Crippen LogP) is 6.62. The maximum absolute atomic E-state index is 2.42. The van der Waals surface area contributed by atoms with E-state index in [0.29, 0.717) is 0 Å². The summed E-state index contributed by atoms with van der Waals surface area (Å²) in [5.41, 5.74) is 12.5. The normalized spacial score (nSPS) is 12.3. The summed E-state index contributed by atoms with van der Waals surface area (Å²) >= 11 is 0. The Morgan fingerprint density at radius 3 is 2.09 bits per heavy atom. The highest BCUT2D eigenvalue weighted by atomic mass is 15.1. The molecule has 2 heteroatoms. The van der Waals surface area contributed by atoms with Crippen molar-refractivity contribution in [3.63, 3.8) is 0 Å². The SMILES string of the molecule is CN(C)Cc1ccc2c(c1)Cc1cccc(CN(C)Cc3ccc(-c4ccccc4)cc3)c1-2. The lowest BCUT2D eigenvalue weighted by atomic mass is 9.98. The number of fused-ring (bicyclic) bond motifs is 3. The lowest BCUT2D eigenvalue weighted by molar-refractivity contribution is 0.319. The van der Waals surface area contributed by atoms with Crippen LogP contribution in [0, 0.1) is 0 Å². The van der Waals surface area contributed by atoms with Gasteiger partial charge in [0.05, 0.1) is 0 Å². The first-order valence-corrected chi connectivity index (χ1v) is 11.8. The second-order valence-corrected chi connectivity index (χ2v) is 9.59. The molecule has 0 spiro atoms. The van der Waals surface area contributed by atoms with Crippen LogP contribution in [0.2, 0.25) is 0 Å². The molecule has 33 heavy (non-hydrogen) atoms. The Bertz CT molecular complexity index is 1240. The minimum atomic E-state index is 0.938. The minimum Gasteiger partial charge on any atom is -0.305 e. The van der Waals surface area contributed by atoms with Crippen molar-refractivity contribution in [3.05, 3.63) is 119 Å². The molecule has 0 N–H and O–H groups in total. The summed E-state index contributed by atoms with van der Waals surface area (Å²) in [6.07, 6.45) is 1.05. The lowest BCUT2D eigenvalue weighted by Crippen LogP contribution is -2.17. The Kier molecular flexibility index (Phi) is 6.13. The highest BCUT2D eigenvalue weighted by Gasteiger charge is 2.22. The predicted molar refractivity (Wildman–Crippen MR) is 139 cm³/mol. The summed E-state index contributed by atoms with van der Waals surface area (Å²) < 4.78 is 0. The molecule has 5 rings (SSSR count). The fraction of sp³-hybridized carbons (Fsp3) is 0.226. The summed E-state index contributed by atoms with van der Waals surface area (Å²) in [5.74, 6) is 0. The molecule has 0 bridgehead atoms. The van der Waals surface area contributed by atoms with Gasteiger partial charge in [-0.3, -0.25) is 4.90 Å². The number of benzene rings is 4.